The lowest BCUT2D eigenvalue weighted by Gasteiger charge is -2.60. The zero-order chi connectivity index (χ0) is 17.8. The molecule has 0 radical (unpaired) electrons. The lowest BCUT2D eigenvalue weighted by atomic mass is 9.42. The topological polar surface area (TPSA) is 60.4 Å². The summed E-state index contributed by atoms with van der Waals surface area (Å²) in [7, 11) is 1.46. The number of ketones is 1. The summed E-state index contributed by atoms with van der Waals surface area (Å²) in [5, 5.41) is 0. The number of fused-ring (bicyclic) bond motifs is 3. The fourth-order valence-electron chi connectivity index (χ4n) is 6.14. The van der Waals surface area contributed by atoms with Crippen molar-refractivity contribution in [1.82, 2.24) is 0 Å². The van der Waals surface area contributed by atoms with E-state index in [0.717, 1.165) is 44.0 Å². The Bertz CT molecular complexity index is 617. The van der Waals surface area contributed by atoms with Gasteiger partial charge in [0.15, 0.2) is 0 Å². The van der Waals surface area contributed by atoms with Crippen LogP contribution in [-0.4, -0.2) is 25.1 Å². The standard InChI is InChI=1S/C20H28O4/c1-18(2)14-8-10-20(17(23)24-4)9-6-5-7-15(20)19(14,3)11-13(12-21)16(18)22/h7,12-14H,5-6,8-11H2,1-4H3/t13?,14-,19-,20-/m0/s1. The highest BCUT2D eigenvalue weighted by atomic mass is 16.5. The molecule has 0 aromatic carbocycles. The summed E-state index contributed by atoms with van der Waals surface area (Å²) in [6.07, 6.45) is 7.86. The molecule has 0 aromatic rings. The number of ether oxygens (including phenoxy) is 1. The Morgan fingerprint density at radius 2 is 2.00 bits per heavy atom. The van der Waals surface area contributed by atoms with E-state index in [2.05, 4.69) is 13.0 Å². The SMILES string of the molecule is COC(=O)[C@]12CCCC=C1[C@@]1(C)CC(C=O)C(=O)C(C)(C)[C@@H]1CC2. The molecule has 3 aliphatic rings. The van der Waals surface area contributed by atoms with Crippen LogP contribution in [0, 0.1) is 28.1 Å². The number of hydrogen-bond acceptors (Lipinski definition) is 4. The molecule has 0 saturated heterocycles. The monoisotopic (exact) mass is 332 g/mol. The van der Waals surface area contributed by atoms with Crippen molar-refractivity contribution in [1.29, 1.82) is 0 Å². The van der Waals surface area contributed by atoms with Gasteiger partial charge in [0.25, 0.3) is 0 Å². The van der Waals surface area contributed by atoms with E-state index in [1.165, 1.54) is 7.11 Å². The number of carbonyl (C=O) groups is 3. The van der Waals surface area contributed by atoms with Gasteiger partial charge in [-0.1, -0.05) is 32.4 Å². The van der Waals surface area contributed by atoms with Crippen LogP contribution in [0.15, 0.2) is 11.6 Å². The van der Waals surface area contributed by atoms with E-state index in [0.29, 0.717) is 6.42 Å². The van der Waals surface area contributed by atoms with Gasteiger partial charge in [-0.05, 0) is 49.9 Å². The first-order valence-electron chi connectivity index (χ1n) is 9.03. The minimum Gasteiger partial charge on any atom is -0.468 e. The Balaban J connectivity index is 2.14. The molecule has 1 unspecified atom stereocenters. The van der Waals surface area contributed by atoms with Crippen LogP contribution in [0.2, 0.25) is 0 Å². The number of rotatable bonds is 2. The molecule has 3 rings (SSSR count). The van der Waals surface area contributed by atoms with Gasteiger partial charge < -0.3 is 9.53 Å². The van der Waals surface area contributed by atoms with Crippen molar-refractivity contribution < 1.29 is 19.1 Å². The molecule has 4 nitrogen and oxygen atoms in total. The minimum atomic E-state index is -0.572. The maximum atomic E-state index is 12.8. The average Bonchev–Trinajstić information content (AvgIpc) is 2.57. The highest BCUT2D eigenvalue weighted by molar-refractivity contribution is 5.98. The van der Waals surface area contributed by atoms with Gasteiger partial charge in [0, 0.05) is 5.41 Å². The maximum Gasteiger partial charge on any atom is 0.315 e. The van der Waals surface area contributed by atoms with Gasteiger partial charge in [0.2, 0.25) is 0 Å². The number of Topliss-reactive ketones (excluding diaryl/α,β-unsaturated/α-hetero) is 1. The summed E-state index contributed by atoms with van der Waals surface area (Å²) >= 11 is 0. The van der Waals surface area contributed by atoms with E-state index in [1.54, 1.807) is 0 Å². The van der Waals surface area contributed by atoms with Crippen LogP contribution in [0.1, 0.15) is 59.3 Å². The third-order valence-electron chi connectivity index (χ3n) is 7.14. The van der Waals surface area contributed by atoms with Crippen molar-refractivity contribution in [3.05, 3.63) is 11.6 Å². The van der Waals surface area contributed by atoms with E-state index in [1.807, 2.05) is 13.8 Å². The number of allylic oxidation sites excluding steroid dienone is 1. The molecule has 2 fully saturated rings. The second kappa shape index (κ2) is 5.53. The van der Waals surface area contributed by atoms with E-state index in [4.69, 9.17) is 4.74 Å². The second-order valence-corrected chi connectivity index (χ2v) is 8.63. The molecule has 0 N–H and O–H groups in total. The third-order valence-corrected chi connectivity index (χ3v) is 7.14. The van der Waals surface area contributed by atoms with Gasteiger partial charge in [-0.15, -0.1) is 0 Å². The maximum absolute atomic E-state index is 12.8. The van der Waals surface area contributed by atoms with Crippen molar-refractivity contribution in [3.8, 4) is 0 Å². The zero-order valence-corrected chi connectivity index (χ0v) is 15.2. The molecule has 0 amide bonds. The van der Waals surface area contributed by atoms with Crippen molar-refractivity contribution in [2.75, 3.05) is 7.11 Å². The van der Waals surface area contributed by atoms with Crippen LogP contribution < -0.4 is 0 Å². The predicted molar refractivity (Wildman–Crippen MR) is 90.2 cm³/mol. The molecule has 0 aromatic heterocycles. The largest absolute Gasteiger partial charge is 0.468 e. The summed E-state index contributed by atoms with van der Waals surface area (Å²) in [6.45, 7) is 6.11. The first-order valence-corrected chi connectivity index (χ1v) is 9.03. The normalized spacial score (nSPS) is 40.8. The Morgan fingerprint density at radius 3 is 2.62 bits per heavy atom. The van der Waals surface area contributed by atoms with Crippen LogP contribution in [0.25, 0.3) is 0 Å². The molecule has 3 aliphatic carbocycles. The second-order valence-electron chi connectivity index (χ2n) is 8.63. The summed E-state index contributed by atoms with van der Waals surface area (Å²) < 4.78 is 5.18. The Kier molecular flexibility index (Phi) is 4.01. The van der Waals surface area contributed by atoms with Gasteiger partial charge in [0.1, 0.15) is 12.1 Å². The third kappa shape index (κ3) is 2.07. The van der Waals surface area contributed by atoms with Crippen LogP contribution in [-0.2, 0) is 19.1 Å². The fraction of sp³-hybridized carbons (Fsp3) is 0.750. The molecule has 132 valence electrons. The zero-order valence-electron chi connectivity index (χ0n) is 15.2. The summed E-state index contributed by atoms with van der Waals surface area (Å²) in [6, 6.07) is 0. The van der Waals surface area contributed by atoms with E-state index in [9.17, 15) is 14.4 Å². The fourth-order valence-corrected chi connectivity index (χ4v) is 6.14. The van der Waals surface area contributed by atoms with Gasteiger partial charge in [-0.25, -0.2) is 0 Å². The molecule has 4 atom stereocenters. The van der Waals surface area contributed by atoms with Gasteiger partial charge in [-0.3, -0.25) is 9.59 Å². The van der Waals surface area contributed by atoms with E-state index >= 15 is 0 Å². The van der Waals surface area contributed by atoms with Crippen LogP contribution in [0.3, 0.4) is 0 Å². The number of esters is 1. The van der Waals surface area contributed by atoms with E-state index in [-0.39, 0.29) is 23.1 Å². The smallest absolute Gasteiger partial charge is 0.315 e. The number of methoxy groups -OCH3 is 1. The van der Waals surface area contributed by atoms with Gasteiger partial charge >= 0.3 is 5.97 Å². The number of hydrogen-bond donors (Lipinski definition) is 0. The van der Waals surface area contributed by atoms with Gasteiger partial charge in [-0.2, -0.15) is 0 Å². The van der Waals surface area contributed by atoms with Crippen LogP contribution in [0.5, 0.6) is 0 Å². The quantitative estimate of drug-likeness (QED) is 0.336. The van der Waals surface area contributed by atoms with Crippen LogP contribution >= 0.6 is 0 Å². The Morgan fingerprint density at radius 1 is 1.29 bits per heavy atom. The average molecular weight is 332 g/mol. The Labute approximate surface area is 144 Å². The summed E-state index contributed by atoms with van der Waals surface area (Å²) in [5.41, 5.74) is -0.256. The molecule has 0 heterocycles. The van der Waals surface area contributed by atoms with E-state index < -0.39 is 16.7 Å². The predicted octanol–water partition coefficient (Wildman–Crippen LogP) is 3.49. The molecule has 0 bridgehead atoms. The molecule has 0 aliphatic heterocycles. The molecule has 24 heavy (non-hydrogen) atoms. The first kappa shape index (κ1) is 17.4. The van der Waals surface area contributed by atoms with Crippen molar-refractivity contribution in [3.63, 3.8) is 0 Å². The molecule has 4 heteroatoms. The Hall–Kier alpha value is -1.45. The number of carbonyl (C=O) groups excluding carboxylic acids is 3. The summed E-state index contributed by atoms with van der Waals surface area (Å²) in [4.78, 5) is 37.1. The lowest BCUT2D eigenvalue weighted by molar-refractivity contribution is -0.161. The van der Waals surface area contributed by atoms with Gasteiger partial charge in [0.05, 0.1) is 18.4 Å². The number of aldehydes is 1. The highest BCUT2D eigenvalue weighted by Gasteiger charge is 2.63. The van der Waals surface area contributed by atoms with Crippen molar-refractivity contribution >= 4 is 18.0 Å². The molecular formula is C20H28O4. The van der Waals surface area contributed by atoms with Crippen LogP contribution in [0.4, 0.5) is 0 Å². The first-order chi connectivity index (χ1) is 11.2. The highest BCUT2D eigenvalue weighted by Crippen LogP contribution is 2.66. The minimum absolute atomic E-state index is 0.0574. The lowest BCUT2D eigenvalue weighted by Crippen LogP contribution is -2.59. The molecule has 2 saturated carbocycles. The van der Waals surface area contributed by atoms with Crippen molar-refractivity contribution in [2.45, 2.75) is 59.3 Å². The van der Waals surface area contributed by atoms with Crippen molar-refractivity contribution in [2.24, 2.45) is 28.1 Å². The molecule has 0 spiro atoms. The summed E-state index contributed by atoms with van der Waals surface area (Å²) in [5.74, 6) is -0.499. The molecular weight excluding hydrogens is 304 g/mol.